The molecule has 2 fully saturated rings. The van der Waals surface area contributed by atoms with Crippen molar-refractivity contribution < 1.29 is 14.3 Å². The lowest BCUT2D eigenvalue weighted by Gasteiger charge is -2.44. The van der Waals surface area contributed by atoms with E-state index in [-0.39, 0.29) is 36.5 Å². The first-order chi connectivity index (χ1) is 11.6. The van der Waals surface area contributed by atoms with E-state index in [1.807, 2.05) is 49.1 Å². The average molecular weight is 331 g/mol. The van der Waals surface area contributed by atoms with Crippen LogP contribution < -0.4 is 5.32 Å². The second-order valence-corrected chi connectivity index (χ2v) is 6.55. The molecule has 0 unspecified atom stereocenters. The van der Waals surface area contributed by atoms with Gasteiger partial charge in [0.15, 0.2) is 0 Å². The van der Waals surface area contributed by atoms with Crippen molar-refractivity contribution in [2.75, 3.05) is 32.8 Å². The zero-order valence-electron chi connectivity index (χ0n) is 14.3. The van der Waals surface area contributed by atoms with Gasteiger partial charge in [0.25, 0.3) is 0 Å². The molecule has 0 saturated carbocycles. The molecule has 2 aliphatic heterocycles. The lowest BCUT2D eigenvalue weighted by Crippen LogP contribution is -2.58. The van der Waals surface area contributed by atoms with Gasteiger partial charge in [0, 0.05) is 13.1 Å². The highest BCUT2D eigenvalue weighted by Gasteiger charge is 2.37. The highest BCUT2D eigenvalue weighted by molar-refractivity contribution is 5.86. The molecular formula is C18H25N3O3. The second kappa shape index (κ2) is 7.32. The Kier molecular flexibility index (Phi) is 5.16. The van der Waals surface area contributed by atoms with E-state index < -0.39 is 0 Å². The number of nitrogens with zero attached hydrogens (tertiary/aromatic N) is 2. The van der Waals surface area contributed by atoms with Crippen LogP contribution in [-0.2, 0) is 14.3 Å². The Bertz CT molecular complexity index is 592. The molecule has 6 heteroatoms. The molecule has 2 aliphatic rings. The number of benzene rings is 1. The van der Waals surface area contributed by atoms with Crippen LogP contribution in [0.15, 0.2) is 30.3 Å². The molecule has 0 radical (unpaired) electrons. The topological polar surface area (TPSA) is 61.9 Å². The third-order valence-electron chi connectivity index (χ3n) is 4.80. The van der Waals surface area contributed by atoms with Crippen molar-refractivity contribution in [1.29, 1.82) is 0 Å². The fourth-order valence-corrected chi connectivity index (χ4v) is 3.56. The molecule has 6 nitrogen and oxygen atoms in total. The summed E-state index contributed by atoms with van der Waals surface area (Å²) in [6, 6.07) is 9.93. The van der Waals surface area contributed by atoms with Crippen molar-refractivity contribution in [1.82, 2.24) is 15.1 Å². The van der Waals surface area contributed by atoms with E-state index in [9.17, 15) is 9.59 Å². The zero-order valence-corrected chi connectivity index (χ0v) is 14.3. The molecule has 24 heavy (non-hydrogen) atoms. The second-order valence-electron chi connectivity index (χ2n) is 6.55. The molecule has 3 rings (SSSR count). The Morgan fingerprint density at radius 3 is 2.75 bits per heavy atom. The summed E-state index contributed by atoms with van der Waals surface area (Å²) in [7, 11) is 0. The number of ether oxygens (including phenoxy) is 1. The fraction of sp³-hybridized carbons (Fsp3) is 0.556. The number of amides is 2. The van der Waals surface area contributed by atoms with Crippen LogP contribution >= 0.6 is 0 Å². The highest BCUT2D eigenvalue weighted by Crippen LogP contribution is 2.30. The van der Waals surface area contributed by atoms with Gasteiger partial charge < -0.3 is 19.9 Å². The summed E-state index contributed by atoms with van der Waals surface area (Å²) in [6.45, 7) is 6.30. The van der Waals surface area contributed by atoms with Gasteiger partial charge in [0.1, 0.15) is 6.10 Å². The molecule has 130 valence electrons. The van der Waals surface area contributed by atoms with Crippen molar-refractivity contribution in [2.45, 2.75) is 32.0 Å². The molecule has 0 bridgehead atoms. The Morgan fingerprint density at radius 1 is 1.29 bits per heavy atom. The summed E-state index contributed by atoms with van der Waals surface area (Å²) in [6.07, 6.45) is -0.134. The first-order valence-electron chi connectivity index (χ1n) is 8.54. The lowest BCUT2D eigenvalue weighted by atomic mass is 9.98. The number of nitrogens with one attached hydrogen (secondary N) is 1. The molecular weight excluding hydrogens is 306 g/mol. The van der Waals surface area contributed by atoms with Gasteiger partial charge in [-0.15, -0.1) is 0 Å². The minimum Gasteiger partial charge on any atom is -0.369 e. The molecule has 0 spiro atoms. The number of carbonyl (C=O) groups excluding carboxylic acids is 2. The van der Waals surface area contributed by atoms with E-state index in [4.69, 9.17) is 4.74 Å². The molecule has 1 aromatic carbocycles. The van der Waals surface area contributed by atoms with Gasteiger partial charge in [-0.05, 0) is 19.4 Å². The van der Waals surface area contributed by atoms with Crippen LogP contribution in [-0.4, -0.2) is 66.5 Å². The molecule has 3 atom stereocenters. The maximum absolute atomic E-state index is 12.9. The zero-order chi connectivity index (χ0) is 17.1. The first-order valence-corrected chi connectivity index (χ1v) is 8.54. The summed E-state index contributed by atoms with van der Waals surface area (Å²) in [5.41, 5.74) is 1.08. The number of carbonyl (C=O) groups is 2. The largest absolute Gasteiger partial charge is 0.369 e. The van der Waals surface area contributed by atoms with Gasteiger partial charge in [-0.1, -0.05) is 30.3 Å². The molecule has 0 aromatic heterocycles. The summed E-state index contributed by atoms with van der Waals surface area (Å²) in [4.78, 5) is 28.3. The van der Waals surface area contributed by atoms with Crippen LogP contribution in [0.2, 0.25) is 0 Å². The van der Waals surface area contributed by atoms with Gasteiger partial charge in [0.2, 0.25) is 11.8 Å². The van der Waals surface area contributed by atoms with Crippen LogP contribution in [0.5, 0.6) is 0 Å². The minimum absolute atomic E-state index is 0.00507. The monoisotopic (exact) mass is 331 g/mol. The standard InChI is InChI=1S/C18H25N3O3/c1-13-12-24-18(15-6-4-3-5-7-15)14(2)21(13)17(23)11-20-9-8-19-10-16(20)22/h3-7,13-14,18-19H,8-12H2,1-2H3/t13-,14+,18-/m1/s1. The quantitative estimate of drug-likeness (QED) is 0.890. The number of hydrogen-bond acceptors (Lipinski definition) is 4. The fourth-order valence-electron chi connectivity index (χ4n) is 3.56. The van der Waals surface area contributed by atoms with Gasteiger partial charge >= 0.3 is 0 Å². The average Bonchev–Trinajstić information content (AvgIpc) is 2.58. The van der Waals surface area contributed by atoms with E-state index in [2.05, 4.69) is 5.32 Å². The van der Waals surface area contributed by atoms with E-state index in [1.54, 1.807) is 4.90 Å². The summed E-state index contributed by atoms with van der Waals surface area (Å²) in [5, 5.41) is 3.03. The van der Waals surface area contributed by atoms with Crippen LogP contribution in [0.1, 0.15) is 25.5 Å². The van der Waals surface area contributed by atoms with Crippen LogP contribution in [0.3, 0.4) is 0 Å². The number of hydrogen-bond donors (Lipinski definition) is 1. The van der Waals surface area contributed by atoms with Crippen molar-refractivity contribution in [3.8, 4) is 0 Å². The Morgan fingerprint density at radius 2 is 2.04 bits per heavy atom. The first kappa shape index (κ1) is 16.9. The summed E-state index contributed by atoms with van der Waals surface area (Å²) >= 11 is 0. The van der Waals surface area contributed by atoms with Gasteiger partial charge in [-0.3, -0.25) is 9.59 Å². The number of morpholine rings is 1. The Hall–Kier alpha value is -1.92. The highest BCUT2D eigenvalue weighted by atomic mass is 16.5. The molecule has 2 heterocycles. The normalized spacial score (nSPS) is 28.1. The smallest absolute Gasteiger partial charge is 0.242 e. The molecule has 0 aliphatic carbocycles. The molecule has 2 saturated heterocycles. The van der Waals surface area contributed by atoms with E-state index >= 15 is 0 Å². The summed E-state index contributed by atoms with van der Waals surface area (Å²) in [5.74, 6) is -0.0164. The number of piperazine rings is 1. The molecule has 1 aromatic rings. The number of rotatable bonds is 3. The predicted octanol–water partition coefficient (Wildman–Crippen LogP) is 0.795. The maximum Gasteiger partial charge on any atom is 0.242 e. The molecule has 1 N–H and O–H groups in total. The van der Waals surface area contributed by atoms with Crippen molar-refractivity contribution >= 4 is 11.8 Å². The molecule has 2 amide bonds. The SMILES string of the molecule is C[C@@H]1CO[C@@H](c2ccccc2)[C@H](C)N1C(=O)CN1CCNCC1=O. The van der Waals surface area contributed by atoms with Crippen LogP contribution in [0, 0.1) is 0 Å². The van der Waals surface area contributed by atoms with Crippen molar-refractivity contribution in [3.63, 3.8) is 0 Å². The predicted molar refractivity (Wildman–Crippen MR) is 90.4 cm³/mol. The Labute approximate surface area is 142 Å². The van der Waals surface area contributed by atoms with Crippen molar-refractivity contribution in [3.05, 3.63) is 35.9 Å². The van der Waals surface area contributed by atoms with Gasteiger partial charge in [-0.25, -0.2) is 0 Å². The summed E-state index contributed by atoms with van der Waals surface area (Å²) < 4.78 is 6.00. The van der Waals surface area contributed by atoms with Gasteiger partial charge in [0.05, 0.1) is 31.8 Å². The van der Waals surface area contributed by atoms with Crippen LogP contribution in [0.25, 0.3) is 0 Å². The lowest BCUT2D eigenvalue weighted by molar-refractivity contribution is -0.157. The van der Waals surface area contributed by atoms with Crippen molar-refractivity contribution in [2.24, 2.45) is 0 Å². The van der Waals surface area contributed by atoms with E-state index in [1.165, 1.54) is 0 Å². The van der Waals surface area contributed by atoms with E-state index in [0.29, 0.717) is 19.7 Å². The third kappa shape index (κ3) is 3.44. The van der Waals surface area contributed by atoms with E-state index in [0.717, 1.165) is 12.1 Å². The maximum atomic E-state index is 12.9. The van der Waals surface area contributed by atoms with Crippen LogP contribution in [0.4, 0.5) is 0 Å². The minimum atomic E-state index is -0.134. The third-order valence-corrected chi connectivity index (χ3v) is 4.80. The van der Waals surface area contributed by atoms with Gasteiger partial charge in [-0.2, -0.15) is 0 Å². The Balaban J connectivity index is 1.72.